The van der Waals surface area contributed by atoms with Crippen LogP contribution in [0.4, 0.5) is 0 Å². The van der Waals surface area contributed by atoms with Gasteiger partial charge in [-0.1, -0.05) is 12.1 Å². The summed E-state index contributed by atoms with van der Waals surface area (Å²) in [4.78, 5) is 11.1. The van der Waals surface area contributed by atoms with E-state index in [9.17, 15) is 9.90 Å². The van der Waals surface area contributed by atoms with Gasteiger partial charge in [-0.15, -0.1) is 0 Å². The quantitative estimate of drug-likeness (QED) is 0.756. The second-order valence-corrected chi connectivity index (χ2v) is 2.91. The first kappa shape index (κ1) is 11.1. The average molecular weight is 205 g/mol. The molecule has 0 saturated heterocycles. The third-order valence-corrected chi connectivity index (χ3v) is 1.88. The molecule has 0 saturated carbocycles. The minimum Gasteiger partial charge on any atom is -0.506 e. The normalized spacial score (nSPS) is 9.33. The number of ether oxygens (including phenoxy) is 1. The highest BCUT2D eigenvalue weighted by Gasteiger charge is 2.10. The highest BCUT2D eigenvalue weighted by atomic mass is 16.5. The molecule has 0 aliphatic heterocycles. The smallest absolute Gasteiger partial charge is 0.310 e. The Kier molecular flexibility index (Phi) is 3.69. The minimum absolute atomic E-state index is 0.0187. The van der Waals surface area contributed by atoms with Crippen LogP contribution >= 0.6 is 0 Å². The zero-order valence-corrected chi connectivity index (χ0v) is 8.36. The van der Waals surface area contributed by atoms with Gasteiger partial charge in [0.25, 0.3) is 0 Å². The molecule has 0 heterocycles. The summed E-state index contributed by atoms with van der Waals surface area (Å²) in [5.41, 5.74) is 0.573. The Morgan fingerprint density at radius 1 is 1.60 bits per heavy atom. The lowest BCUT2D eigenvalue weighted by atomic mass is 10.1. The Balaban J connectivity index is 2.87. The highest BCUT2D eigenvalue weighted by molar-refractivity contribution is 5.74. The molecule has 0 unspecified atom stereocenters. The van der Waals surface area contributed by atoms with Crippen LogP contribution in [0.1, 0.15) is 18.1 Å². The molecule has 4 heteroatoms. The van der Waals surface area contributed by atoms with Crippen LogP contribution in [0.25, 0.3) is 0 Å². The molecule has 0 fully saturated rings. The second kappa shape index (κ2) is 5.01. The molecule has 0 atom stereocenters. The summed E-state index contributed by atoms with van der Waals surface area (Å²) in [6, 6.07) is 6.54. The topological polar surface area (TPSA) is 70.3 Å². The van der Waals surface area contributed by atoms with E-state index in [2.05, 4.69) is 0 Å². The minimum atomic E-state index is -0.414. The van der Waals surface area contributed by atoms with Crippen LogP contribution in [-0.2, 0) is 16.0 Å². The van der Waals surface area contributed by atoms with Crippen LogP contribution in [0.15, 0.2) is 18.2 Å². The Bertz CT molecular complexity index is 407. The molecule has 0 spiro atoms. The van der Waals surface area contributed by atoms with Gasteiger partial charge in [0.05, 0.1) is 18.6 Å². The fraction of sp³-hybridized carbons (Fsp3) is 0.273. The van der Waals surface area contributed by atoms with Crippen molar-refractivity contribution in [2.75, 3.05) is 6.61 Å². The molecule has 0 radical (unpaired) electrons. The van der Waals surface area contributed by atoms with Gasteiger partial charge in [-0.3, -0.25) is 4.79 Å². The van der Waals surface area contributed by atoms with Crippen molar-refractivity contribution in [3.05, 3.63) is 29.3 Å². The number of nitrogens with zero attached hydrogens (tertiary/aromatic N) is 1. The monoisotopic (exact) mass is 205 g/mol. The lowest BCUT2D eigenvalue weighted by Gasteiger charge is -2.05. The van der Waals surface area contributed by atoms with Crippen LogP contribution in [0.3, 0.4) is 0 Å². The zero-order chi connectivity index (χ0) is 11.3. The SMILES string of the molecule is CCOC(=O)Cc1cccc(C#N)c1O. The number of para-hydroxylation sites is 1. The zero-order valence-electron chi connectivity index (χ0n) is 8.36. The van der Waals surface area contributed by atoms with Crippen molar-refractivity contribution in [2.24, 2.45) is 0 Å². The summed E-state index contributed by atoms with van der Waals surface area (Å²) in [5, 5.41) is 18.2. The average Bonchev–Trinajstić information content (AvgIpc) is 2.21. The van der Waals surface area contributed by atoms with Crippen LogP contribution in [0.5, 0.6) is 5.75 Å². The fourth-order valence-electron chi connectivity index (χ4n) is 1.19. The molecule has 15 heavy (non-hydrogen) atoms. The van der Waals surface area contributed by atoms with E-state index in [0.29, 0.717) is 12.2 Å². The summed E-state index contributed by atoms with van der Waals surface area (Å²) in [6.45, 7) is 2.01. The van der Waals surface area contributed by atoms with Crippen LogP contribution < -0.4 is 0 Å². The van der Waals surface area contributed by atoms with Crippen LogP contribution in [-0.4, -0.2) is 17.7 Å². The van der Waals surface area contributed by atoms with Crippen LogP contribution in [0.2, 0.25) is 0 Å². The number of esters is 1. The maximum Gasteiger partial charge on any atom is 0.310 e. The number of carbonyl (C=O) groups is 1. The number of nitriles is 1. The van der Waals surface area contributed by atoms with Crippen molar-refractivity contribution >= 4 is 5.97 Å². The van der Waals surface area contributed by atoms with E-state index in [4.69, 9.17) is 10.00 Å². The first-order valence-electron chi connectivity index (χ1n) is 4.55. The first-order chi connectivity index (χ1) is 7.19. The lowest BCUT2D eigenvalue weighted by molar-refractivity contribution is -0.142. The molecule has 0 bridgehead atoms. The summed E-state index contributed by atoms with van der Waals surface area (Å²) < 4.78 is 4.74. The maximum atomic E-state index is 11.1. The number of hydrogen-bond donors (Lipinski definition) is 1. The fourth-order valence-corrected chi connectivity index (χ4v) is 1.19. The number of phenols is 1. The van der Waals surface area contributed by atoms with Gasteiger partial charge in [-0.25, -0.2) is 0 Å². The van der Waals surface area contributed by atoms with Gasteiger partial charge in [-0.2, -0.15) is 5.26 Å². The standard InChI is InChI=1S/C11H11NO3/c1-2-15-10(13)6-8-4-3-5-9(7-12)11(8)14/h3-5,14H,2,6H2,1H3. The lowest BCUT2D eigenvalue weighted by Crippen LogP contribution is -2.07. The van der Waals surface area contributed by atoms with Crippen molar-refractivity contribution in [1.29, 1.82) is 5.26 Å². The van der Waals surface area contributed by atoms with Gasteiger partial charge in [0.2, 0.25) is 0 Å². The predicted molar refractivity (Wildman–Crippen MR) is 53.2 cm³/mol. The van der Waals surface area contributed by atoms with Gasteiger partial charge in [0.15, 0.2) is 0 Å². The molecule has 1 rings (SSSR count). The third kappa shape index (κ3) is 2.71. The van der Waals surface area contributed by atoms with Gasteiger partial charge >= 0.3 is 5.97 Å². The Labute approximate surface area is 87.7 Å². The van der Waals surface area contributed by atoms with E-state index < -0.39 is 5.97 Å². The third-order valence-electron chi connectivity index (χ3n) is 1.88. The van der Waals surface area contributed by atoms with E-state index in [0.717, 1.165) is 0 Å². The molecule has 0 aliphatic carbocycles. The molecule has 0 aromatic heterocycles. The summed E-state index contributed by atoms with van der Waals surface area (Å²) in [6.07, 6.45) is -0.0187. The van der Waals surface area contributed by atoms with Gasteiger partial charge < -0.3 is 9.84 Å². The Hall–Kier alpha value is -2.02. The number of hydrogen-bond acceptors (Lipinski definition) is 4. The predicted octanol–water partition coefficient (Wildman–Crippen LogP) is 1.37. The molecule has 1 aromatic rings. The number of phenolic OH excluding ortho intramolecular Hbond substituents is 1. The molecule has 0 aliphatic rings. The van der Waals surface area contributed by atoms with E-state index in [-0.39, 0.29) is 17.7 Å². The summed E-state index contributed by atoms with van der Waals surface area (Å²) in [5.74, 6) is -0.559. The van der Waals surface area contributed by atoms with Crippen molar-refractivity contribution in [2.45, 2.75) is 13.3 Å². The molecule has 78 valence electrons. The molecular formula is C11H11NO3. The van der Waals surface area contributed by atoms with E-state index in [1.54, 1.807) is 19.1 Å². The molecule has 1 aromatic carbocycles. The van der Waals surface area contributed by atoms with Crippen LogP contribution in [0, 0.1) is 11.3 Å². The van der Waals surface area contributed by atoms with E-state index in [1.165, 1.54) is 6.07 Å². The summed E-state index contributed by atoms with van der Waals surface area (Å²) in [7, 11) is 0. The van der Waals surface area contributed by atoms with Gasteiger partial charge in [-0.05, 0) is 13.0 Å². The van der Waals surface area contributed by atoms with Crippen molar-refractivity contribution in [1.82, 2.24) is 0 Å². The highest BCUT2D eigenvalue weighted by Crippen LogP contribution is 2.22. The van der Waals surface area contributed by atoms with E-state index in [1.807, 2.05) is 6.07 Å². The summed E-state index contributed by atoms with van der Waals surface area (Å²) >= 11 is 0. The van der Waals surface area contributed by atoms with Gasteiger partial charge in [0.1, 0.15) is 11.8 Å². The first-order valence-corrected chi connectivity index (χ1v) is 4.55. The number of aromatic hydroxyl groups is 1. The van der Waals surface area contributed by atoms with Crippen molar-refractivity contribution < 1.29 is 14.6 Å². The Morgan fingerprint density at radius 2 is 2.33 bits per heavy atom. The largest absolute Gasteiger partial charge is 0.506 e. The van der Waals surface area contributed by atoms with Gasteiger partial charge in [0, 0.05) is 5.56 Å². The van der Waals surface area contributed by atoms with Crippen molar-refractivity contribution in [3.8, 4) is 11.8 Å². The maximum absolute atomic E-state index is 11.1. The second-order valence-electron chi connectivity index (χ2n) is 2.91. The molecule has 1 N–H and O–H groups in total. The number of carbonyl (C=O) groups excluding carboxylic acids is 1. The molecular weight excluding hydrogens is 194 g/mol. The van der Waals surface area contributed by atoms with E-state index >= 15 is 0 Å². The molecule has 4 nitrogen and oxygen atoms in total. The Morgan fingerprint density at radius 3 is 2.93 bits per heavy atom. The number of benzene rings is 1. The molecule has 0 amide bonds. The number of rotatable bonds is 3. The van der Waals surface area contributed by atoms with Crippen molar-refractivity contribution in [3.63, 3.8) is 0 Å².